The fourth-order valence-electron chi connectivity index (χ4n) is 5.03. The van der Waals surface area contributed by atoms with E-state index in [4.69, 9.17) is 13.9 Å². The summed E-state index contributed by atoms with van der Waals surface area (Å²) in [6.07, 6.45) is 2.63. The van der Waals surface area contributed by atoms with Gasteiger partial charge in [0.05, 0.1) is 24.7 Å². The van der Waals surface area contributed by atoms with Crippen LogP contribution in [-0.2, 0) is 34.4 Å². The number of rotatable bonds is 11. The largest absolute Gasteiger partial charge is 0.497 e. The highest BCUT2D eigenvalue weighted by molar-refractivity contribution is 7.89. The molecule has 0 N–H and O–H groups in total. The summed E-state index contributed by atoms with van der Waals surface area (Å²) in [5.74, 6) is 0.415. The molecule has 216 valence electrons. The lowest BCUT2D eigenvalue weighted by molar-refractivity contribution is 0.0779. The van der Waals surface area contributed by atoms with Crippen molar-refractivity contribution in [3.63, 3.8) is 0 Å². The summed E-state index contributed by atoms with van der Waals surface area (Å²) < 4.78 is 44.0. The number of carbonyl (C=O) groups is 1. The van der Waals surface area contributed by atoms with Gasteiger partial charge in [-0.15, -0.1) is 0 Å². The maximum Gasteiger partial charge on any atom is 0.275 e. The van der Waals surface area contributed by atoms with Crippen molar-refractivity contribution >= 4 is 15.9 Å². The molecule has 0 saturated carbocycles. The molecule has 4 rings (SSSR count). The Morgan fingerprint density at radius 2 is 1.73 bits per heavy atom. The SMILES string of the molecule is COc1cc(C)c(S(=O)(=O)N(C)Cc2nc(C(=O)N(C)Cc3ccc(CN4CCC(OC)C4)cc3)co2)c(C)c1. The fraction of sp³-hybridized carbons (Fsp3) is 0.448. The monoisotopic (exact) mass is 570 g/mol. The molecule has 0 aliphatic carbocycles. The van der Waals surface area contributed by atoms with E-state index in [2.05, 4.69) is 22.0 Å². The van der Waals surface area contributed by atoms with Crippen molar-refractivity contribution in [2.75, 3.05) is 41.4 Å². The molecule has 0 radical (unpaired) electrons. The predicted molar refractivity (Wildman–Crippen MR) is 151 cm³/mol. The van der Waals surface area contributed by atoms with E-state index in [0.29, 0.717) is 29.5 Å². The third-order valence-corrected chi connectivity index (χ3v) is 9.33. The van der Waals surface area contributed by atoms with Gasteiger partial charge in [-0.25, -0.2) is 13.4 Å². The summed E-state index contributed by atoms with van der Waals surface area (Å²) in [5.41, 5.74) is 3.50. The number of likely N-dealkylation sites (tertiary alicyclic amines) is 1. The number of benzene rings is 2. The number of sulfonamides is 1. The molecular weight excluding hydrogens is 532 g/mol. The number of aromatic nitrogens is 1. The topological polar surface area (TPSA) is 105 Å². The molecule has 1 aliphatic rings. The average Bonchev–Trinajstić information content (AvgIpc) is 3.58. The molecule has 40 heavy (non-hydrogen) atoms. The quantitative estimate of drug-likeness (QED) is 0.344. The summed E-state index contributed by atoms with van der Waals surface area (Å²) in [6.45, 7) is 6.59. The third-order valence-electron chi connectivity index (χ3n) is 7.22. The molecule has 1 saturated heterocycles. The number of hydrogen-bond donors (Lipinski definition) is 0. The Bertz CT molecular complexity index is 1410. The zero-order valence-electron chi connectivity index (χ0n) is 24.0. The second kappa shape index (κ2) is 12.5. The van der Waals surface area contributed by atoms with Gasteiger partial charge >= 0.3 is 0 Å². The number of oxazole rings is 1. The van der Waals surface area contributed by atoms with Gasteiger partial charge in [0, 0.05) is 47.4 Å². The molecular formula is C29H38N4O6S. The number of aryl methyl sites for hydroxylation is 2. The van der Waals surface area contributed by atoms with Crippen LogP contribution in [0, 0.1) is 13.8 Å². The summed E-state index contributed by atoms with van der Waals surface area (Å²) in [6, 6.07) is 11.6. The Kier molecular flexibility index (Phi) is 9.29. The van der Waals surface area contributed by atoms with Gasteiger partial charge in [-0.3, -0.25) is 9.69 Å². The van der Waals surface area contributed by atoms with Gasteiger partial charge < -0.3 is 18.8 Å². The van der Waals surface area contributed by atoms with Crippen LogP contribution in [0.2, 0.25) is 0 Å². The van der Waals surface area contributed by atoms with E-state index in [0.717, 1.165) is 35.9 Å². The van der Waals surface area contributed by atoms with Crippen LogP contribution in [0.5, 0.6) is 5.75 Å². The van der Waals surface area contributed by atoms with E-state index in [1.54, 1.807) is 45.0 Å². The minimum Gasteiger partial charge on any atom is -0.497 e. The number of methoxy groups -OCH3 is 2. The number of amides is 1. The fourth-order valence-corrected chi connectivity index (χ4v) is 6.55. The molecule has 1 amide bonds. The van der Waals surface area contributed by atoms with Gasteiger partial charge in [-0.2, -0.15) is 4.31 Å². The van der Waals surface area contributed by atoms with Crippen molar-refractivity contribution in [1.82, 2.24) is 19.1 Å². The highest BCUT2D eigenvalue weighted by atomic mass is 32.2. The van der Waals surface area contributed by atoms with Crippen molar-refractivity contribution in [2.45, 2.75) is 50.9 Å². The molecule has 1 atom stereocenters. The lowest BCUT2D eigenvalue weighted by Crippen LogP contribution is -2.28. The maximum absolute atomic E-state index is 13.3. The Balaban J connectivity index is 1.35. The van der Waals surface area contributed by atoms with Crippen LogP contribution >= 0.6 is 0 Å². The maximum atomic E-state index is 13.3. The Labute approximate surface area is 236 Å². The first kappa shape index (κ1) is 29.7. The summed E-state index contributed by atoms with van der Waals surface area (Å²) in [7, 11) is 2.62. The number of hydrogen-bond acceptors (Lipinski definition) is 8. The van der Waals surface area contributed by atoms with Crippen molar-refractivity contribution in [2.24, 2.45) is 0 Å². The Morgan fingerprint density at radius 3 is 2.33 bits per heavy atom. The first-order chi connectivity index (χ1) is 19.0. The minimum absolute atomic E-state index is 0.117. The number of ether oxygens (including phenoxy) is 2. The summed E-state index contributed by atoms with van der Waals surface area (Å²) in [4.78, 5) is 21.4. The van der Waals surface area contributed by atoms with E-state index >= 15 is 0 Å². The number of nitrogens with zero attached hydrogens (tertiary/aromatic N) is 4. The molecule has 11 heteroatoms. The van der Waals surface area contributed by atoms with Crippen molar-refractivity contribution in [3.05, 3.63) is 76.5 Å². The third kappa shape index (κ3) is 6.72. The van der Waals surface area contributed by atoms with Crippen molar-refractivity contribution < 1.29 is 27.1 Å². The summed E-state index contributed by atoms with van der Waals surface area (Å²) >= 11 is 0. The minimum atomic E-state index is -3.83. The normalized spacial score (nSPS) is 16.0. The van der Waals surface area contributed by atoms with E-state index in [9.17, 15) is 13.2 Å². The van der Waals surface area contributed by atoms with E-state index < -0.39 is 10.0 Å². The van der Waals surface area contributed by atoms with Crippen LogP contribution in [0.3, 0.4) is 0 Å². The van der Waals surface area contributed by atoms with E-state index in [1.165, 1.54) is 26.0 Å². The van der Waals surface area contributed by atoms with Crippen molar-refractivity contribution in [1.29, 1.82) is 0 Å². The Hall–Kier alpha value is -3.25. The molecule has 2 heterocycles. The zero-order chi connectivity index (χ0) is 29.0. The van der Waals surface area contributed by atoms with Crippen LogP contribution < -0.4 is 4.74 Å². The number of carbonyl (C=O) groups excluding carboxylic acids is 1. The molecule has 10 nitrogen and oxygen atoms in total. The molecule has 1 unspecified atom stereocenters. The van der Waals surface area contributed by atoms with Crippen LogP contribution in [0.15, 0.2) is 52.0 Å². The van der Waals surface area contributed by atoms with E-state index in [-0.39, 0.29) is 28.9 Å². The molecule has 3 aromatic rings. The van der Waals surface area contributed by atoms with Gasteiger partial charge in [-0.05, 0) is 54.7 Å². The molecule has 1 fully saturated rings. The lowest BCUT2D eigenvalue weighted by Gasteiger charge is -2.19. The molecule has 2 aromatic carbocycles. The van der Waals surface area contributed by atoms with Gasteiger partial charge in [0.15, 0.2) is 5.69 Å². The first-order valence-electron chi connectivity index (χ1n) is 13.2. The predicted octanol–water partition coefficient (Wildman–Crippen LogP) is 3.61. The second-order valence-electron chi connectivity index (χ2n) is 10.3. The first-order valence-corrected chi connectivity index (χ1v) is 14.6. The van der Waals surface area contributed by atoms with Gasteiger partial charge in [0.2, 0.25) is 15.9 Å². The second-order valence-corrected chi connectivity index (χ2v) is 12.3. The molecule has 1 aliphatic heterocycles. The van der Waals surface area contributed by atoms with Crippen LogP contribution in [0.25, 0.3) is 0 Å². The summed E-state index contributed by atoms with van der Waals surface area (Å²) in [5, 5.41) is 0. The van der Waals surface area contributed by atoms with E-state index in [1.807, 2.05) is 12.1 Å². The van der Waals surface area contributed by atoms with Crippen LogP contribution in [0.4, 0.5) is 0 Å². The zero-order valence-corrected chi connectivity index (χ0v) is 24.8. The van der Waals surface area contributed by atoms with Gasteiger partial charge in [0.25, 0.3) is 5.91 Å². The lowest BCUT2D eigenvalue weighted by atomic mass is 10.1. The average molecular weight is 571 g/mol. The van der Waals surface area contributed by atoms with Crippen molar-refractivity contribution in [3.8, 4) is 5.75 Å². The highest BCUT2D eigenvalue weighted by Gasteiger charge is 2.28. The Morgan fingerprint density at radius 1 is 1.07 bits per heavy atom. The standard InChI is InChI=1S/C29H38N4O6S/c1-20-13-25(38-6)14-21(2)28(20)40(35,36)32(4)18-27-30-26(19-39-27)29(34)31(3)15-22-7-9-23(10-8-22)16-33-12-11-24(17-33)37-5/h7-10,13-14,19,24H,11-12,15-18H2,1-6H3. The highest BCUT2D eigenvalue weighted by Crippen LogP contribution is 2.28. The molecule has 0 bridgehead atoms. The van der Waals surface area contributed by atoms with Gasteiger partial charge in [0.1, 0.15) is 12.0 Å². The van der Waals surface area contributed by atoms with Gasteiger partial charge in [-0.1, -0.05) is 24.3 Å². The van der Waals surface area contributed by atoms with Crippen LogP contribution in [0.1, 0.15) is 45.1 Å². The van der Waals surface area contributed by atoms with Crippen LogP contribution in [-0.4, -0.2) is 80.9 Å². The smallest absolute Gasteiger partial charge is 0.275 e. The molecule has 0 spiro atoms. The molecule has 1 aromatic heterocycles.